The van der Waals surface area contributed by atoms with Gasteiger partial charge in [-0.25, -0.2) is 9.18 Å². The van der Waals surface area contributed by atoms with Crippen LogP contribution in [0.5, 0.6) is 5.75 Å². The molecule has 0 unspecified atom stereocenters. The van der Waals surface area contributed by atoms with Crippen LogP contribution in [0.1, 0.15) is 48.8 Å². The molecule has 47 heavy (non-hydrogen) atoms. The van der Waals surface area contributed by atoms with E-state index in [0.29, 0.717) is 11.3 Å². The molecule has 3 atom stereocenters. The first-order valence-electron chi connectivity index (χ1n) is 14.9. The van der Waals surface area contributed by atoms with Gasteiger partial charge in [0.2, 0.25) is 0 Å². The third kappa shape index (κ3) is 6.32. The highest BCUT2D eigenvalue weighted by Crippen LogP contribution is 2.52. The summed E-state index contributed by atoms with van der Waals surface area (Å²) in [6, 6.07) is 16.1. The monoisotopic (exact) mass is 652 g/mol. The van der Waals surface area contributed by atoms with Gasteiger partial charge < -0.3 is 19.9 Å². The van der Waals surface area contributed by atoms with Gasteiger partial charge in [0.05, 0.1) is 37.4 Å². The third-order valence-corrected chi connectivity index (χ3v) is 8.23. The van der Waals surface area contributed by atoms with E-state index in [-0.39, 0.29) is 53.5 Å². The molecule has 1 aliphatic carbocycles. The summed E-state index contributed by atoms with van der Waals surface area (Å²) in [5.74, 6) is -6.41. The van der Waals surface area contributed by atoms with Crippen LogP contribution in [-0.2, 0) is 30.0 Å². The number of nitrogens with two attached hydrogens (primary N) is 1. The fraction of sp³-hybridized carbons (Fsp3) is 0.286. The Morgan fingerprint density at radius 1 is 0.936 bits per heavy atom. The van der Waals surface area contributed by atoms with Gasteiger partial charge in [-0.1, -0.05) is 30.3 Å². The number of allylic oxidation sites excluding steroid dienone is 2. The molecular formula is C35H32F4N2O6. The summed E-state index contributed by atoms with van der Waals surface area (Å²) < 4.78 is 72.0. The number of anilines is 1. The van der Waals surface area contributed by atoms with E-state index in [2.05, 4.69) is 0 Å². The van der Waals surface area contributed by atoms with Gasteiger partial charge in [0.25, 0.3) is 0 Å². The lowest BCUT2D eigenvalue weighted by Gasteiger charge is -2.44. The Kier molecular flexibility index (Phi) is 9.41. The van der Waals surface area contributed by atoms with Crippen molar-refractivity contribution in [2.75, 3.05) is 25.2 Å². The molecule has 246 valence electrons. The van der Waals surface area contributed by atoms with Gasteiger partial charge in [-0.05, 0) is 73.9 Å². The van der Waals surface area contributed by atoms with Gasteiger partial charge in [0, 0.05) is 22.9 Å². The van der Waals surface area contributed by atoms with E-state index in [1.54, 1.807) is 38.1 Å². The average Bonchev–Trinajstić information content (AvgIpc) is 3.04. The lowest BCUT2D eigenvalue weighted by atomic mass is 9.67. The van der Waals surface area contributed by atoms with Crippen molar-refractivity contribution in [3.05, 3.63) is 118 Å². The van der Waals surface area contributed by atoms with E-state index in [9.17, 15) is 31.9 Å². The zero-order valence-electron chi connectivity index (χ0n) is 25.8. The highest BCUT2D eigenvalue weighted by molar-refractivity contribution is 6.14. The predicted octanol–water partition coefficient (Wildman–Crippen LogP) is 6.38. The molecule has 0 saturated heterocycles. The first-order chi connectivity index (χ1) is 22.4. The van der Waals surface area contributed by atoms with E-state index < -0.39 is 53.0 Å². The Hall–Kier alpha value is -5.13. The molecule has 5 rings (SSSR count). The first kappa shape index (κ1) is 33.2. The number of alkyl halides is 3. The van der Waals surface area contributed by atoms with Crippen molar-refractivity contribution in [1.82, 2.24) is 0 Å². The summed E-state index contributed by atoms with van der Waals surface area (Å²) in [6.07, 6.45) is -4.80. The fourth-order valence-electron chi connectivity index (χ4n) is 6.23. The Morgan fingerprint density at radius 2 is 1.62 bits per heavy atom. The van der Waals surface area contributed by atoms with Crippen molar-refractivity contribution in [1.29, 1.82) is 0 Å². The molecule has 12 heteroatoms. The topological polar surface area (TPSA) is 108 Å². The molecular weight excluding hydrogens is 620 g/mol. The molecule has 0 bridgehead atoms. The predicted molar refractivity (Wildman–Crippen MR) is 163 cm³/mol. The summed E-state index contributed by atoms with van der Waals surface area (Å²) in [5, 5.41) is 0. The summed E-state index contributed by atoms with van der Waals surface area (Å²) in [5.41, 5.74) is 6.33. The highest BCUT2D eigenvalue weighted by atomic mass is 19.4. The molecule has 0 radical (unpaired) electrons. The molecule has 0 saturated carbocycles. The molecule has 2 N–H and O–H groups in total. The molecule has 3 aromatic rings. The molecule has 1 aliphatic heterocycles. The van der Waals surface area contributed by atoms with Crippen LogP contribution in [0.3, 0.4) is 0 Å². The van der Waals surface area contributed by atoms with Gasteiger partial charge in [-0.2, -0.15) is 13.2 Å². The van der Waals surface area contributed by atoms with Gasteiger partial charge >= 0.3 is 18.1 Å². The van der Waals surface area contributed by atoms with Crippen LogP contribution >= 0.6 is 0 Å². The minimum Gasteiger partial charge on any atom is -0.497 e. The Morgan fingerprint density at radius 3 is 2.26 bits per heavy atom. The maximum atomic E-state index is 14.8. The van der Waals surface area contributed by atoms with Crippen molar-refractivity contribution in [3.8, 4) is 5.75 Å². The summed E-state index contributed by atoms with van der Waals surface area (Å²) in [7, 11) is 1.46. The first-order valence-corrected chi connectivity index (χ1v) is 14.9. The number of ketones is 1. The van der Waals surface area contributed by atoms with E-state index in [1.807, 2.05) is 0 Å². The number of carbonyl (C=O) groups is 3. The molecule has 8 nitrogen and oxygen atoms in total. The normalized spacial score (nSPS) is 19.8. The minimum absolute atomic E-state index is 0.0297. The number of benzene rings is 3. The van der Waals surface area contributed by atoms with Crippen molar-refractivity contribution in [3.63, 3.8) is 0 Å². The molecule has 3 aromatic carbocycles. The van der Waals surface area contributed by atoms with E-state index in [0.717, 1.165) is 24.3 Å². The van der Waals surface area contributed by atoms with Crippen molar-refractivity contribution in [2.24, 2.45) is 11.7 Å². The maximum absolute atomic E-state index is 14.8. The van der Waals surface area contributed by atoms with Crippen LogP contribution in [0.25, 0.3) is 0 Å². The van der Waals surface area contributed by atoms with Crippen molar-refractivity contribution in [2.45, 2.75) is 38.3 Å². The number of halogens is 4. The van der Waals surface area contributed by atoms with E-state index in [4.69, 9.17) is 19.9 Å². The van der Waals surface area contributed by atoms with Crippen molar-refractivity contribution >= 4 is 23.4 Å². The minimum atomic E-state index is -4.72. The number of Topliss-reactive ketones (excluding diaryl/α,β-unsaturated/α-hetero) is 1. The smallest absolute Gasteiger partial charge is 0.416 e. The average molecular weight is 653 g/mol. The van der Waals surface area contributed by atoms with Crippen LogP contribution in [-0.4, -0.2) is 38.0 Å². The number of hydrogen-bond acceptors (Lipinski definition) is 8. The molecule has 0 amide bonds. The van der Waals surface area contributed by atoms with E-state index >= 15 is 0 Å². The largest absolute Gasteiger partial charge is 0.497 e. The van der Waals surface area contributed by atoms with Crippen LogP contribution in [0.2, 0.25) is 0 Å². The van der Waals surface area contributed by atoms with Crippen LogP contribution < -0.4 is 15.4 Å². The zero-order chi connectivity index (χ0) is 34.0. The highest BCUT2D eigenvalue weighted by Gasteiger charge is 2.51. The summed E-state index contributed by atoms with van der Waals surface area (Å²) in [6.45, 7) is 3.04. The molecule has 0 spiro atoms. The lowest BCUT2D eigenvalue weighted by Crippen LogP contribution is -2.46. The number of nitrogens with zero attached hydrogens (tertiary/aromatic N) is 1. The molecule has 0 fully saturated rings. The molecule has 1 heterocycles. The number of hydrogen-bond donors (Lipinski definition) is 1. The fourth-order valence-corrected chi connectivity index (χ4v) is 6.23. The summed E-state index contributed by atoms with van der Waals surface area (Å²) in [4.78, 5) is 43.3. The number of rotatable bonds is 8. The van der Waals surface area contributed by atoms with Crippen LogP contribution in [0, 0.1) is 11.7 Å². The molecule has 0 aromatic heterocycles. The molecule has 2 aliphatic rings. The third-order valence-electron chi connectivity index (χ3n) is 8.23. The second kappa shape index (κ2) is 13.3. The van der Waals surface area contributed by atoms with Gasteiger partial charge in [-0.3, -0.25) is 14.5 Å². The van der Waals surface area contributed by atoms with Crippen LogP contribution in [0.15, 0.2) is 95.5 Å². The summed E-state index contributed by atoms with van der Waals surface area (Å²) >= 11 is 0. The Balaban J connectivity index is 1.84. The van der Waals surface area contributed by atoms with Gasteiger partial charge in [0.1, 0.15) is 23.3 Å². The number of carbonyl (C=O) groups excluding carboxylic acids is 3. The number of ether oxygens (including phenoxy) is 3. The SMILES string of the molecule is CCOC(=O)C1=C(N)N(c2cccc(C(F)(F)F)c2)C2=C(C(=O)[C@H](C(=O)OCC)[C@@H](c3cccc(OC)c3)C2)[C@@H]1c1ccc(F)cc1. The van der Waals surface area contributed by atoms with Gasteiger partial charge in [-0.15, -0.1) is 0 Å². The number of methoxy groups -OCH3 is 1. The maximum Gasteiger partial charge on any atom is 0.416 e. The second-order valence-corrected chi connectivity index (χ2v) is 10.9. The Bertz CT molecular complexity index is 1770. The van der Waals surface area contributed by atoms with Crippen molar-refractivity contribution < 1.29 is 46.2 Å². The zero-order valence-corrected chi connectivity index (χ0v) is 25.8. The second-order valence-electron chi connectivity index (χ2n) is 10.9. The van der Waals surface area contributed by atoms with Gasteiger partial charge in [0.15, 0.2) is 5.78 Å². The van der Waals surface area contributed by atoms with Crippen LogP contribution in [0.4, 0.5) is 23.2 Å². The number of esters is 2. The lowest BCUT2D eigenvalue weighted by molar-refractivity contribution is -0.152. The Labute approximate surface area is 268 Å². The van der Waals surface area contributed by atoms with E-state index in [1.165, 1.54) is 36.3 Å². The quantitative estimate of drug-likeness (QED) is 0.170. The standard InChI is InChI=1S/C35H32F4N2O6/c1-4-46-33(43)28-25(20-8-6-11-24(16-20)45-3)18-26-29(31(28)42)27(19-12-14-22(36)15-13-19)30(34(44)47-5-2)32(40)41(26)23-10-7-9-21(17-23)35(37,38)39/h6-17,25,27-28H,4-5,18,40H2,1-3H3/t25-,27+,28-/m1/s1.